The molecule has 0 heterocycles. The normalized spacial score (nSPS) is 9.75. The fraction of sp³-hybridized carbons (Fsp3) is 0.222. The van der Waals surface area contributed by atoms with Gasteiger partial charge in [0.2, 0.25) is 0 Å². The largest absolute Gasteiger partial charge is 0.478 e. The molecule has 0 atom stereocenters. The predicted octanol–water partition coefficient (Wildman–Crippen LogP) is 1.53. The second-order valence-electron chi connectivity index (χ2n) is 2.58. The van der Waals surface area contributed by atoms with E-state index in [2.05, 4.69) is 0 Å². The summed E-state index contributed by atoms with van der Waals surface area (Å²) < 4.78 is 0. The van der Waals surface area contributed by atoms with E-state index < -0.39 is 5.97 Å². The van der Waals surface area contributed by atoms with Crippen LogP contribution in [0.5, 0.6) is 0 Å². The lowest BCUT2D eigenvalue weighted by Gasteiger charge is -2.03. The number of aryl methyl sites for hydroxylation is 1. The van der Waals surface area contributed by atoms with Gasteiger partial charge in [-0.05, 0) is 30.2 Å². The van der Waals surface area contributed by atoms with Crippen molar-refractivity contribution in [2.45, 2.75) is 13.3 Å². The van der Waals surface area contributed by atoms with Gasteiger partial charge < -0.3 is 10.8 Å². The molecule has 0 aromatic heterocycles. The summed E-state index contributed by atoms with van der Waals surface area (Å²) in [5, 5.41) is 8.75. The van der Waals surface area contributed by atoms with Crippen LogP contribution in [0.2, 0.25) is 0 Å². The average molecular weight is 165 g/mol. The first-order valence-corrected chi connectivity index (χ1v) is 3.77. The van der Waals surface area contributed by atoms with Crippen molar-refractivity contribution in [2.24, 2.45) is 0 Å². The fourth-order valence-electron chi connectivity index (χ4n) is 1.11. The Balaban J connectivity index is 3.20. The molecule has 0 aliphatic carbocycles. The third kappa shape index (κ3) is 1.56. The summed E-state index contributed by atoms with van der Waals surface area (Å²) in [4.78, 5) is 10.7. The molecule has 12 heavy (non-hydrogen) atoms. The predicted molar refractivity (Wildman–Crippen MR) is 47.2 cm³/mol. The monoisotopic (exact) mass is 165 g/mol. The Labute approximate surface area is 70.8 Å². The zero-order valence-corrected chi connectivity index (χ0v) is 6.87. The van der Waals surface area contributed by atoms with Gasteiger partial charge in [0.1, 0.15) is 0 Å². The highest BCUT2D eigenvalue weighted by atomic mass is 16.4. The number of rotatable bonds is 2. The van der Waals surface area contributed by atoms with E-state index in [0.717, 1.165) is 5.56 Å². The van der Waals surface area contributed by atoms with Crippen LogP contribution in [0.3, 0.4) is 0 Å². The van der Waals surface area contributed by atoms with Gasteiger partial charge in [-0.1, -0.05) is 6.92 Å². The Morgan fingerprint density at radius 2 is 2.25 bits per heavy atom. The SMILES string of the molecule is CCc1cc(N)ccc1C(=O)O. The van der Waals surface area contributed by atoms with Crippen molar-refractivity contribution in [2.75, 3.05) is 5.73 Å². The number of benzene rings is 1. The van der Waals surface area contributed by atoms with Gasteiger partial charge >= 0.3 is 5.97 Å². The maximum atomic E-state index is 10.7. The van der Waals surface area contributed by atoms with E-state index in [1.165, 1.54) is 6.07 Å². The molecule has 0 aliphatic heterocycles. The number of aromatic carboxylic acids is 1. The minimum atomic E-state index is -0.896. The molecule has 0 spiro atoms. The Hall–Kier alpha value is -1.51. The molecular weight excluding hydrogens is 154 g/mol. The molecule has 64 valence electrons. The van der Waals surface area contributed by atoms with Crippen LogP contribution in [0.15, 0.2) is 18.2 Å². The highest BCUT2D eigenvalue weighted by Gasteiger charge is 2.07. The van der Waals surface area contributed by atoms with Crippen LogP contribution < -0.4 is 5.73 Å². The van der Waals surface area contributed by atoms with E-state index in [1.54, 1.807) is 12.1 Å². The summed E-state index contributed by atoms with van der Waals surface area (Å²) in [5.74, 6) is -0.896. The number of carbonyl (C=O) groups is 1. The number of anilines is 1. The topological polar surface area (TPSA) is 63.3 Å². The van der Waals surface area contributed by atoms with Gasteiger partial charge in [0.15, 0.2) is 0 Å². The van der Waals surface area contributed by atoms with Gasteiger partial charge in [0.25, 0.3) is 0 Å². The van der Waals surface area contributed by atoms with Crippen LogP contribution in [0.4, 0.5) is 5.69 Å². The van der Waals surface area contributed by atoms with E-state index >= 15 is 0 Å². The number of nitrogens with two attached hydrogens (primary N) is 1. The molecule has 0 saturated carbocycles. The molecule has 0 bridgehead atoms. The molecule has 0 fully saturated rings. The smallest absolute Gasteiger partial charge is 0.335 e. The molecule has 1 aromatic carbocycles. The minimum absolute atomic E-state index is 0.340. The molecule has 1 aromatic rings. The lowest BCUT2D eigenvalue weighted by atomic mass is 10.0. The maximum absolute atomic E-state index is 10.7. The summed E-state index contributed by atoms with van der Waals surface area (Å²) in [5.41, 5.74) is 7.24. The summed E-state index contributed by atoms with van der Waals surface area (Å²) in [6.07, 6.45) is 0.687. The van der Waals surface area contributed by atoms with Crippen molar-refractivity contribution in [1.82, 2.24) is 0 Å². The quantitative estimate of drug-likeness (QED) is 0.653. The van der Waals surface area contributed by atoms with Gasteiger partial charge in [0.05, 0.1) is 5.56 Å². The molecule has 0 saturated heterocycles. The molecule has 0 amide bonds. The van der Waals surface area contributed by atoms with E-state index in [9.17, 15) is 4.79 Å². The lowest BCUT2D eigenvalue weighted by molar-refractivity contribution is 0.0696. The molecule has 0 unspecified atom stereocenters. The van der Waals surface area contributed by atoms with E-state index in [-0.39, 0.29) is 0 Å². The van der Waals surface area contributed by atoms with E-state index in [0.29, 0.717) is 17.7 Å². The maximum Gasteiger partial charge on any atom is 0.335 e. The van der Waals surface area contributed by atoms with Crippen LogP contribution in [0, 0.1) is 0 Å². The highest BCUT2D eigenvalue weighted by Crippen LogP contribution is 2.13. The Kier molecular flexibility index (Phi) is 2.33. The lowest BCUT2D eigenvalue weighted by Crippen LogP contribution is -2.02. The second-order valence-corrected chi connectivity index (χ2v) is 2.58. The summed E-state index contributed by atoms with van der Waals surface area (Å²) in [6.45, 7) is 1.90. The molecular formula is C9H11NO2. The number of carboxylic acids is 1. The molecule has 3 nitrogen and oxygen atoms in total. The zero-order chi connectivity index (χ0) is 9.14. The first-order valence-electron chi connectivity index (χ1n) is 3.77. The summed E-state index contributed by atoms with van der Waals surface area (Å²) >= 11 is 0. The molecule has 0 aliphatic rings. The van der Waals surface area contributed by atoms with Crippen molar-refractivity contribution in [1.29, 1.82) is 0 Å². The Bertz CT molecular complexity index is 307. The van der Waals surface area contributed by atoms with Crippen LogP contribution in [0.1, 0.15) is 22.8 Å². The third-order valence-corrected chi connectivity index (χ3v) is 1.74. The number of nitrogen functional groups attached to an aromatic ring is 1. The standard InChI is InChI=1S/C9H11NO2/c1-2-6-5-7(10)3-4-8(6)9(11)12/h3-5H,2,10H2,1H3,(H,11,12). The highest BCUT2D eigenvalue weighted by molar-refractivity contribution is 5.89. The van der Waals surface area contributed by atoms with Crippen molar-refractivity contribution in [3.8, 4) is 0 Å². The zero-order valence-electron chi connectivity index (χ0n) is 6.87. The first-order chi connectivity index (χ1) is 5.65. The van der Waals surface area contributed by atoms with Crippen molar-refractivity contribution < 1.29 is 9.90 Å². The van der Waals surface area contributed by atoms with Gasteiger partial charge in [0, 0.05) is 5.69 Å². The summed E-state index contributed by atoms with van der Waals surface area (Å²) in [6, 6.07) is 4.84. The Morgan fingerprint density at radius 1 is 1.58 bits per heavy atom. The van der Waals surface area contributed by atoms with Gasteiger partial charge in [-0.25, -0.2) is 4.79 Å². The van der Waals surface area contributed by atoms with Crippen LogP contribution in [0.25, 0.3) is 0 Å². The molecule has 3 heteroatoms. The van der Waals surface area contributed by atoms with Crippen molar-refractivity contribution in [3.05, 3.63) is 29.3 Å². The van der Waals surface area contributed by atoms with Crippen LogP contribution in [-0.2, 0) is 6.42 Å². The van der Waals surface area contributed by atoms with Gasteiger partial charge in [-0.2, -0.15) is 0 Å². The van der Waals surface area contributed by atoms with Crippen LogP contribution in [-0.4, -0.2) is 11.1 Å². The van der Waals surface area contributed by atoms with Gasteiger partial charge in [-0.3, -0.25) is 0 Å². The second kappa shape index (κ2) is 3.26. The number of hydrogen-bond acceptors (Lipinski definition) is 2. The first kappa shape index (κ1) is 8.59. The molecule has 1 rings (SSSR count). The van der Waals surface area contributed by atoms with Crippen LogP contribution >= 0.6 is 0 Å². The van der Waals surface area contributed by atoms with E-state index in [4.69, 9.17) is 10.8 Å². The van der Waals surface area contributed by atoms with Crippen molar-refractivity contribution >= 4 is 11.7 Å². The minimum Gasteiger partial charge on any atom is -0.478 e. The van der Waals surface area contributed by atoms with Gasteiger partial charge in [-0.15, -0.1) is 0 Å². The van der Waals surface area contributed by atoms with Crippen molar-refractivity contribution in [3.63, 3.8) is 0 Å². The third-order valence-electron chi connectivity index (χ3n) is 1.74. The Morgan fingerprint density at radius 3 is 2.75 bits per heavy atom. The molecule has 3 N–H and O–H groups in total. The summed E-state index contributed by atoms with van der Waals surface area (Å²) in [7, 11) is 0. The number of carboxylic acid groups (broad SMARTS) is 1. The van der Waals surface area contributed by atoms with E-state index in [1.807, 2.05) is 6.92 Å². The number of hydrogen-bond donors (Lipinski definition) is 2. The molecule has 0 radical (unpaired) electrons. The fourth-order valence-corrected chi connectivity index (χ4v) is 1.11. The average Bonchev–Trinajstić information content (AvgIpc) is 2.03.